The van der Waals surface area contributed by atoms with Gasteiger partial charge in [-0.1, -0.05) is 23.4 Å². The van der Waals surface area contributed by atoms with Crippen molar-refractivity contribution in [1.29, 1.82) is 0 Å². The molecule has 10 heteroatoms. The molecule has 3 heterocycles. The van der Waals surface area contributed by atoms with E-state index in [0.29, 0.717) is 45.6 Å². The molecule has 5 rings (SSSR count). The number of alkyl halides is 3. The molecule has 0 spiro atoms. The molecule has 0 N–H and O–H groups in total. The largest absolute Gasteiger partial charge is 0.451 e. The summed E-state index contributed by atoms with van der Waals surface area (Å²) in [5, 5.41) is 4.22. The number of carbonyl (C=O) groups excluding carboxylic acids is 1. The first-order valence-electron chi connectivity index (χ1n) is 12.1. The Morgan fingerprint density at radius 2 is 1.77 bits per heavy atom. The van der Waals surface area contributed by atoms with Crippen LogP contribution >= 0.6 is 0 Å². The van der Waals surface area contributed by atoms with Crippen LogP contribution in [0, 0.1) is 12.7 Å². The summed E-state index contributed by atoms with van der Waals surface area (Å²) < 4.78 is 53.1. The van der Waals surface area contributed by atoms with E-state index in [4.69, 9.17) is 4.84 Å². The smallest absolute Gasteiger partial charge is 0.385 e. The van der Waals surface area contributed by atoms with E-state index in [1.165, 1.54) is 6.07 Å². The van der Waals surface area contributed by atoms with E-state index in [1.54, 1.807) is 49.5 Å². The van der Waals surface area contributed by atoms with Crippen molar-refractivity contribution in [3.63, 3.8) is 0 Å². The Labute approximate surface area is 221 Å². The van der Waals surface area contributed by atoms with Crippen molar-refractivity contribution in [2.75, 3.05) is 0 Å². The molecule has 6 nitrogen and oxygen atoms in total. The van der Waals surface area contributed by atoms with Gasteiger partial charge in [0.05, 0.1) is 11.4 Å². The van der Waals surface area contributed by atoms with E-state index in [2.05, 4.69) is 20.1 Å². The summed E-state index contributed by atoms with van der Waals surface area (Å²) in [4.78, 5) is 29.8. The monoisotopic (exact) mass is 534 g/mol. The lowest BCUT2D eigenvalue weighted by Gasteiger charge is -2.11. The van der Waals surface area contributed by atoms with Crippen molar-refractivity contribution in [3.05, 3.63) is 113 Å². The fourth-order valence-electron chi connectivity index (χ4n) is 4.27. The third kappa shape index (κ3) is 6.00. The highest BCUT2D eigenvalue weighted by Crippen LogP contribution is 2.32. The molecule has 39 heavy (non-hydrogen) atoms. The summed E-state index contributed by atoms with van der Waals surface area (Å²) in [7, 11) is 0. The van der Waals surface area contributed by atoms with Gasteiger partial charge in [0.2, 0.25) is 5.82 Å². The normalized spacial score (nSPS) is 15.1. The first kappa shape index (κ1) is 26.1. The van der Waals surface area contributed by atoms with Gasteiger partial charge in [-0.05, 0) is 66.4 Å². The first-order chi connectivity index (χ1) is 18.7. The van der Waals surface area contributed by atoms with Crippen molar-refractivity contribution in [2.45, 2.75) is 38.5 Å². The number of Topliss-reactive ketones (excluding diaryl/α,β-unsaturated/α-hetero) is 1. The summed E-state index contributed by atoms with van der Waals surface area (Å²) in [6.45, 7) is 1.78. The summed E-state index contributed by atoms with van der Waals surface area (Å²) in [6, 6.07) is 15.4. The Hall–Kier alpha value is -4.47. The zero-order chi connectivity index (χ0) is 27.6. The van der Waals surface area contributed by atoms with Crippen LogP contribution in [0.3, 0.4) is 0 Å². The second kappa shape index (κ2) is 10.7. The summed E-state index contributed by atoms with van der Waals surface area (Å²) in [5.41, 5.74) is 4.20. The Bertz CT molecular complexity index is 1540. The topological polar surface area (TPSA) is 77.3 Å². The molecule has 1 aliphatic heterocycles. The summed E-state index contributed by atoms with van der Waals surface area (Å²) >= 11 is 0. The number of nitrogens with zero attached hydrogens (tertiary/aromatic N) is 4. The van der Waals surface area contributed by atoms with Crippen molar-refractivity contribution < 1.29 is 27.2 Å². The molecule has 2 aromatic carbocycles. The van der Waals surface area contributed by atoms with Gasteiger partial charge in [-0.25, -0.2) is 14.4 Å². The standard InChI is InChI=1S/C29H22F4N4O2/c1-17-5-7-22(23(30)10-17)19-11-20(25-14-27(39-37-25)24-4-2-3-9-34-24)13-21(12-19)26(38)8-6-18-15-35-28(36-16-18)29(31,32)33/h2-5,7,9-13,15-16,27H,6,8,14H2,1H3. The molecular formula is C29H22F4N4O2. The van der Waals surface area contributed by atoms with Crippen LogP contribution in [0.5, 0.6) is 0 Å². The summed E-state index contributed by atoms with van der Waals surface area (Å²) in [5.74, 6) is -1.94. The van der Waals surface area contributed by atoms with E-state index >= 15 is 0 Å². The van der Waals surface area contributed by atoms with E-state index in [-0.39, 0.29) is 24.7 Å². The van der Waals surface area contributed by atoms with Crippen molar-refractivity contribution in [3.8, 4) is 11.1 Å². The van der Waals surface area contributed by atoms with Gasteiger partial charge >= 0.3 is 6.18 Å². The minimum Gasteiger partial charge on any atom is -0.385 e. The van der Waals surface area contributed by atoms with Crippen LogP contribution in [0.15, 0.2) is 78.3 Å². The number of aromatic nitrogens is 3. The fraction of sp³-hybridized carbons (Fsp3) is 0.207. The number of aryl methyl sites for hydroxylation is 2. The second-order valence-electron chi connectivity index (χ2n) is 9.21. The third-order valence-electron chi connectivity index (χ3n) is 6.31. The molecule has 0 saturated heterocycles. The average molecular weight is 535 g/mol. The van der Waals surface area contributed by atoms with Gasteiger partial charge < -0.3 is 4.84 Å². The molecule has 1 unspecified atom stereocenters. The predicted molar refractivity (Wildman–Crippen MR) is 135 cm³/mol. The molecule has 0 amide bonds. The molecular weight excluding hydrogens is 512 g/mol. The number of benzene rings is 2. The lowest BCUT2D eigenvalue weighted by molar-refractivity contribution is -0.145. The molecule has 0 bridgehead atoms. The molecule has 1 aliphatic rings. The number of oxime groups is 1. The van der Waals surface area contributed by atoms with E-state index in [0.717, 1.165) is 18.0 Å². The van der Waals surface area contributed by atoms with Gasteiger partial charge in [0.15, 0.2) is 11.9 Å². The highest BCUT2D eigenvalue weighted by Gasteiger charge is 2.34. The van der Waals surface area contributed by atoms with Crippen LogP contribution in [-0.2, 0) is 17.4 Å². The van der Waals surface area contributed by atoms with Crippen LogP contribution < -0.4 is 0 Å². The van der Waals surface area contributed by atoms with Gasteiger partial charge in [-0.3, -0.25) is 9.78 Å². The van der Waals surface area contributed by atoms with Crippen LogP contribution in [0.2, 0.25) is 0 Å². The number of hydrogen-bond donors (Lipinski definition) is 0. The van der Waals surface area contributed by atoms with Gasteiger partial charge in [0.1, 0.15) is 5.82 Å². The van der Waals surface area contributed by atoms with E-state index < -0.39 is 17.8 Å². The zero-order valence-corrected chi connectivity index (χ0v) is 20.7. The second-order valence-corrected chi connectivity index (χ2v) is 9.21. The van der Waals surface area contributed by atoms with Crippen LogP contribution in [0.1, 0.15) is 57.5 Å². The average Bonchev–Trinajstić information content (AvgIpc) is 3.42. The maximum atomic E-state index is 14.9. The van der Waals surface area contributed by atoms with Gasteiger partial charge in [-0.2, -0.15) is 13.2 Å². The van der Waals surface area contributed by atoms with Crippen LogP contribution in [0.25, 0.3) is 11.1 Å². The fourth-order valence-corrected chi connectivity index (χ4v) is 4.27. The van der Waals surface area contributed by atoms with Crippen molar-refractivity contribution in [2.24, 2.45) is 5.16 Å². The Morgan fingerprint density at radius 1 is 1.00 bits per heavy atom. The zero-order valence-electron chi connectivity index (χ0n) is 20.7. The Kier molecular flexibility index (Phi) is 7.19. The van der Waals surface area contributed by atoms with Crippen LogP contribution in [-0.4, -0.2) is 26.4 Å². The first-order valence-corrected chi connectivity index (χ1v) is 12.1. The minimum atomic E-state index is -4.64. The molecule has 0 aliphatic carbocycles. The van der Waals surface area contributed by atoms with Crippen LogP contribution in [0.4, 0.5) is 17.6 Å². The molecule has 4 aromatic rings. The quantitative estimate of drug-likeness (QED) is 0.195. The van der Waals surface area contributed by atoms with Crippen molar-refractivity contribution in [1.82, 2.24) is 15.0 Å². The van der Waals surface area contributed by atoms with E-state index in [9.17, 15) is 22.4 Å². The third-order valence-corrected chi connectivity index (χ3v) is 6.31. The maximum Gasteiger partial charge on any atom is 0.451 e. The van der Waals surface area contributed by atoms with Gasteiger partial charge in [-0.15, -0.1) is 0 Å². The van der Waals surface area contributed by atoms with E-state index in [1.807, 2.05) is 12.1 Å². The molecule has 1 atom stereocenters. The number of halogens is 4. The SMILES string of the molecule is Cc1ccc(-c2cc(C(=O)CCc3cnc(C(F)(F)F)nc3)cc(C3=NOC(c4ccccn4)C3)c2)c(F)c1. The lowest BCUT2D eigenvalue weighted by atomic mass is 9.92. The number of ketones is 1. The highest BCUT2D eigenvalue weighted by molar-refractivity contribution is 6.05. The molecule has 0 radical (unpaired) electrons. The minimum absolute atomic E-state index is 0.00641. The summed E-state index contributed by atoms with van der Waals surface area (Å²) in [6.07, 6.45) is -0.694. The maximum absolute atomic E-state index is 14.9. The molecule has 198 valence electrons. The number of pyridine rings is 1. The lowest BCUT2D eigenvalue weighted by Crippen LogP contribution is -2.11. The molecule has 0 saturated carbocycles. The van der Waals surface area contributed by atoms with Gasteiger partial charge in [0.25, 0.3) is 0 Å². The molecule has 2 aromatic heterocycles. The van der Waals surface area contributed by atoms with Crippen molar-refractivity contribution >= 4 is 11.5 Å². The number of rotatable bonds is 7. The number of hydrogen-bond acceptors (Lipinski definition) is 6. The Morgan fingerprint density at radius 3 is 2.46 bits per heavy atom. The molecule has 0 fully saturated rings. The predicted octanol–water partition coefficient (Wildman–Crippen LogP) is 6.69. The number of carbonyl (C=O) groups is 1. The highest BCUT2D eigenvalue weighted by atomic mass is 19.4. The Balaban J connectivity index is 1.42. The van der Waals surface area contributed by atoms with Gasteiger partial charge in [0, 0.05) is 48.1 Å².